The molecule has 0 aromatic carbocycles. The molecule has 1 nitrogen and oxygen atoms in total. The van der Waals surface area contributed by atoms with Crippen LogP contribution in [0.3, 0.4) is 0 Å². The third-order valence-electron chi connectivity index (χ3n) is 1.72. The van der Waals surface area contributed by atoms with Crippen LogP contribution in [0.2, 0.25) is 0 Å². The zero-order valence-corrected chi connectivity index (χ0v) is 5.53. The molecule has 0 aromatic rings. The lowest BCUT2D eigenvalue weighted by Gasteiger charge is -2.07. The first-order chi connectivity index (χ1) is 4.01. The van der Waals surface area contributed by atoms with Crippen molar-refractivity contribution in [1.82, 2.24) is 0 Å². The van der Waals surface area contributed by atoms with Gasteiger partial charge in [0.15, 0.2) is 0 Å². The van der Waals surface area contributed by atoms with E-state index >= 15 is 0 Å². The third kappa shape index (κ3) is 1.39. The van der Waals surface area contributed by atoms with Crippen LogP contribution in [-0.4, -0.2) is 12.2 Å². The topological polar surface area (TPSA) is 9.23 Å². The first-order valence-corrected chi connectivity index (χ1v) is 3.07. The van der Waals surface area contributed by atoms with Crippen LogP contribution in [0.15, 0.2) is 0 Å². The van der Waals surface area contributed by atoms with Gasteiger partial charge in [0, 0.05) is 6.42 Å². The van der Waals surface area contributed by atoms with Gasteiger partial charge in [-0.1, -0.05) is 6.92 Å². The van der Waals surface area contributed by atoms with Crippen molar-refractivity contribution >= 4 is 0 Å². The van der Waals surface area contributed by atoms with Crippen molar-refractivity contribution in [2.45, 2.75) is 32.5 Å². The zero-order chi connectivity index (χ0) is 7.07. The first-order valence-electron chi connectivity index (χ1n) is 3.07. The summed E-state index contributed by atoms with van der Waals surface area (Å²) in [5.74, 6) is -0.0139. The van der Waals surface area contributed by atoms with Crippen LogP contribution in [0, 0.1) is 5.92 Å². The van der Waals surface area contributed by atoms with Crippen molar-refractivity contribution in [3.8, 4) is 0 Å². The lowest BCUT2D eigenvalue weighted by Crippen LogP contribution is -2.14. The molecule has 2 atom stereocenters. The van der Waals surface area contributed by atoms with Gasteiger partial charge < -0.3 is 4.74 Å². The molecule has 0 spiro atoms. The maximum atomic E-state index is 12.2. The Morgan fingerprint density at radius 2 is 2.00 bits per heavy atom. The van der Waals surface area contributed by atoms with Crippen LogP contribution in [0.4, 0.5) is 8.78 Å². The highest BCUT2D eigenvalue weighted by atomic mass is 19.3. The molecule has 1 rings (SSSR count). The fraction of sp³-hybridized carbons (Fsp3) is 1.00. The van der Waals surface area contributed by atoms with Crippen LogP contribution < -0.4 is 0 Å². The second-order valence-electron chi connectivity index (χ2n) is 2.64. The van der Waals surface area contributed by atoms with Gasteiger partial charge in [-0.2, -0.15) is 8.78 Å². The molecular weight excluding hydrogens is 126 g/mol. The molecule has 0 radical (unpaired) electrons. The fourth-order valence-electron chi connectivity index (χ4n) is 0.977. The molecule has 3 heteroatoms. The molecule has 0 bridgehead atoms. The minimum atomic E-state index is -2.86. The summed E-state index contributed by atoms with van der Waals surface area (Å²) in [4.78, 5) is 0. The Hall–Kier alpha value is -0.180. The lowest BCUT2D eigenvalue weighted by atomic mass is 10.1. The Bertz CT molecular complexity index is 102. The summed E-state index contributed by atoms with van der Waals surface area (Å²) in [6, 6.07) is 0. The minimum absolute atomic E-state index is 0.0139. The van der Waals surface area contributed by atoms with Crippen LogP contribution in [0.1, 0.15) is 20.3 Å². The van der Waals surface area contributed by atoms with Gasteiger partial charge in [-0.3, -0.25) is 0 Å². The molecule has 0 amide bonds. The number of halogens is 2. The average molecular weight is 136 g/mol. The van der Waals surface area contributed by atoms with Crippen molar-refractivity contribution in [1.29, 1.82) is 0 Å². The molecule has 0 aliphatic carbocycles. The molecule has 0 N–H and O–H groups in total. The summed E-state index contributed by atoms with van der Waals surface area (Å²) >= 11 is 0. The number of rotatable bonds is 0. The maximum absolute atomic E-state index is 12.2. The summed E-state index contributed by atoms with van der Waals surface area (Å²) in [5, 5.41) is 0. The van der Waals surface area contributed by atoms with E-state index < -0.39 is 6.11 Å². The second kappa shape index (κ2) is 1.90. The summed E-state index contributed by atoms with van der Waals surface area (Å²) in [5.41, 5.74) is 0. The monoisotopic (exact) mass is 136 g/mol. The zero-order valence-electron chi connectivity index (χ0n) is 5.53. The summed E-state index contributed by atoms with van der Waals surface area (Å²) in [7, 11) is 0. The van der Waals surface area contributed by atoms with Crippen molar-refractivity contribution in [3.05, 3.63) is 0 Å². The van der Waals surface area contributed by atoms with Crippen molar-refractivity contribution in [3.63, 3.8) is 0 Å². The highest BCUT2D eigenvalue weighted by molar-refractivity contribution is 4.74. The van der Waals surface area contributed by atoms with E-state index in [2.05, 4.69) is 4.74 Å². The highest BCUT2D eigenvalue weighted by Gasteiger charge is 2.43. The Morgan fingerprint density at radius 1 is 1.44 bits per heavy atom. The molecule has 2 unspecified atom stereocenters. The van der Waals surface area contributed by atoms with E-state index in [-0.39, 0.29) is 18.4 Å². The van der Waals surface area contributed by atoms with Gasteiger partial charge in [-0.25, -0.2) is 0 Å². The van der Waals surface area contributed by atoms with Gasteiger partial charge in [-0.15, -0.1) is 0 Å². The van der Waals surface area contributed by atoms with Crippen LogP contribution >= 0.6 is 0 Å². The minimum Gasteiger partial charge on any atom is -0.317 e. The van der Waals surface area contributed by atoms with Gasteiger partial charge in [-0.05, 0) is 12.8 Å². The van der Waals surface area contributed by atoms with Gasteiger partial charge in [0.1, 0.15) is 0 Å². The molecule has 0 saturated carbocycles. The van der Waals surface area contributed by atoms with Gasteiger partial charge in [0.05, 0.1) is 6.10 Å². The van der Waals surface area contributed by atoms with Crippen LogP contribution in [-0.2, 0) is 4.74 Å². The van der Waals surface area contributed by atoms with E-state index in [9.17, 15) is 8.78 Å². The fourth-order valence-corrected chi connectivity index (χ4v) is 0.977. The Labute approximate surface area is 53.0 Å². The van der Waals surface area contributed by atoms with Crippen molar-refractivity contribution in [2.75, 3.05) is 0 Å². The Kier molecular flexibility index (Phi) is 1.47. The first kappa shape index (κ1) is 6.93. The average Bonchev–Trinajstić information content (AvgIpc) is 1.79. The Balaban J connectivity index is 2.54. The predicted octanol–water partition coefficient (Wildman–Crippen LogP) is 2.02. The molecule has 0 aromatic heterocycles. The second-order valence-corrected chi connectivity index (χ2v) is 2.64. The van der Waals surface area contributed by atoms with Gasteiger partial charge in [0.25, 0.3) is 0 Å². The molecule has 54 valence electrons. The molecule has 1 saturated heterocycles. The normalized spacial score (nSPS) is 41.3. The molecule has 1 aliphatic heterocycles. The molecule has 1 fully saturated rings. The van der Waals surface area contributed by atoms with E-state index in [1.165, 1.54) is 0 Å². The smallest absolute Gasteiger partial charge is 0.317 e. The highest BCUT2D eigenvalue weighted by Crippen LogP contribution is 2.36. The van der Waals surface area contributed by atoms with Crippen molar-refractivity contribution in [2.24, 2.45) is 5.92 Å². The predicted molar refractivity (Wildman–Crippen MR) is 29.3 cm³/mol. The number of alkyl halides is 2. The van der Waals surface area contributed by atoms with Crippen LogP contribution in [0.5, 0.6) is 0 Å². The Morgan fingerprint density at radius 3 is 2.11 bits per heavy atom. The molecule has 9 heavy (non-hydrogen) atoms. The van der Waals surface area contributed by atoms with E-state index in [1.54, 1.807) is 13.8 Å². The lowest BCUT2D eigenvalue weighted by molar-refractivity contribution is -0.222. The van der Waals surface area contributed by atoms with E-state index in [1.807, 2.05) is 0 Å². The quantitative estimate of drug-likeness (QED) is 0.495. The van der Waals surface area contributed by atoms with Crippen LogP contribution in [0.25, 0.3) is 0 Å². The van der Waals surface area contributed by atoms with E-state index in [0.29, 0.717) is 0 Å². The largest absolute Gasteiger partial charge is 0.356 e. The number of hydrogen-bond donors (Lipinski definition) is 0. The summed E-state index contributed by atoms with van der Waals surface area (Å²) in [6.45, 7) is 3.44. The SMILES string of the molecule is CC1CC(F)(F)OC1C. The third-order valence-corrected chi connectivity index (χ3v) is 1.72. The van der Waals surface area contributed by atoms with E-state index in [4.69, 9.17) is 0 Å². The molecule has 1 heterocycles. The van der Waals surface area contributed by atoms with Gasteiger partial charge in [0.2, 0.25) is 0 Å². The number of ether oxygens (including phenoxy) is 1. The maximum Gasteiger partial charge on any atom is 0.356 e. The summed E-state index contributed by atoms with van der Waals surface area (Å²) < 4.78 is 28.8. The van der Waals surface area contributed by atoms with E-state index in [0.717, 1.165) is 0 Å². The van der Waals surface area contributed by atoms with Gasteiger partial charge >= 0.3 is 6.11 Å². The molecule has 1 aliphatic rings. The van der Waals surface area contributed by atoms with Crippen molar-refractivity contribution < 1.29 is 13.5 Å². The number of hydrogen-bond acceptors (Lipinski definition) is 1. The summed E-state index contributed by atoms with van der Waals surface area (Å²) in [6.07, 6.45) is -3.28. The molecular formula is C6H10F2O. The standard InChI is InChI=1S/C6H10F2O/c1-4-3-6(7,8)9-5(4)2/h4-5H,3H2,1-2H3.